The van der Waals surface area contributed by atoms with Crippen molar-refractivity contribution in [1.82, 2.24) is 19.7 Å². The van der Waals surface area contributed by atoms with E-state index in [1.807, 2.05) is 15.8 Å². The molecule has 1 N–H and O–H groups in total. The van der Waals surface area contributed by atoms with Crippen LogP contribution in [0.2, 0.25) is 0 Å². The summed E-state index contributed by atoms with van der Waals surface area (Å²) in [6.07, 6.45) is 8.33. The van der Waals surface area contributed by atoms with Crippen LogP contribution in [0.1, 0.15) is 36.2 Å². The minimum absolute atomic E-state index is 0.112. The maximum absolute atomic E-state index is 11.4. The lowest BCUT2D eigenvalue weighted by molar-refractivity contribution is -0.130. The van der Waals surface area contributed by atoms with Crippen LogP contribution in [0.25, 0.3) is 11.1 Å². The number of nitrogens with zero attached hydrogens (tertiary/aromatic N) is 4. The Balaban J connectivity index is 1.75. The SMILES string of the molecule is CC(=O)N1CCC(n2cc(-c3cncc(C(=O)O)c3)cn2)CC1. The monoisotopic (exact) mass is 314 g/mol. The van der Waals surface area contributed by atoms with Crippen molar-refractivity contribution in [2.45, 2.75) is 25.8 Å². The zero-order valence-corrected chi connectivity index (χ0v) is 12.8. The molecule has 0 atom stereocenters. The second-order valence-corrected chi connectivity index (χ2v) is 5.71. The van der Waals surface area contributed by atoms with Gasteiger partial charge in [-0.25, -0.2) is 4.79 Å². The Hall–Kier alpha value is -2.70. The van der Waals surface area contributed by atoms with Crippen molar-refractivity contribution in [2.24, 2.45) is 0 Å². The third-order valence-electron chi connectivity index (χ3n) is 4.20. The molecule has 1 saturated heterocycles. The van der Waals surface area contributed by atoms with Gasteiger partial charge in [0.15, 0.2) is 0 Å². The average Bonchev–Trinajstić information content (AvgIpc) is 3.05. The third-order valence-corrected chi connectivity index (χ3v) is 4.20. The van der Waals surface area contributed by atoms with Gasteiger partial charge in [-0.05, 0) is 18.9 Å². The van der Waals surface area contributed by atoms with Gasteiger partial charge in [-0.2, -0.15) is 5.10 Å². The number of carbonyl (C=O) groups is 2. The third kappa shape index (κ3) is 3.23. The van der Waals surface area contributed by atoms with Gasteiger partial charge in [0, 0.05) is 49.7 Å². The van der Waals surface area contributed by atoms with E-state index in [9.17, 15) is 9.59 Å². The molecule has 0 aromatic carbocycles. The van der Waals surface area contributed by atoms with E-state index in [1.165, 1.54) is 6.20 Å². The summed E-state index contributed by atoms with van der Waals surface area (Å²) in [5.41, 5.74) is 1.73. The van der Waals surface area contributed by atoms with Crippen LogP contribution < -0.4 is 0 Å². The summed E-state index contributed by atoms with van der Waals surface area (Å²) in [6, 6.07) is 1.85. The molecular formula is C16H18N4O3. The molecule has 0 spiro atoms. The van der Waals surface area contributed by atoms with Gasteiger partial charge in [-0.15, -0.1) is 0 Å². The second-order valence-electron chi connectivity index (χ2n) is 5.71. The molecule has 1 fully saturated rings. The van der Waals surface area contributed by atoms with E-state index in [0.29, 0.717) is 0 Å². The number of carboxylic acids is 1. The predicted molar refractivity (Wildman–Crippen MR) is 82.9 cm³/mol. The highest BCUT2D eigenvalue weighted by Gasteiger charge is 2.22. The Bertz CT molecular complexity index is 732. The van der Waals surface area contributed by atoms with E-state index in [4.69, 9.17) is 5.11 Å². The molecule has 2 aromatic rings. The number of carbonyl (C=O) groups excluding carboxylic acids is 1. The highest BCUT2D eigenvalue weighted by Crippen LogP contribution is 2.25. The summed E-state index contributed by atoms with van der Waals surface area (Å²) in [4.78, 5) is 28.2. The number of hydrogen-bond acceptors (Lipinski definition) is 4. The number of pyridine rings is 1. The maximum Gasteiger partial charge on any atom is 0.337 e. The first-order valence-electron chi connectivity index (χ1n) is 7.53. The van der Waals surface area contributed by atoms with Gasteiger partial charge in [0.05, 0.1) is 17.8 Å². The second kappa shape index (κ2) is 6.20. The molecule has 0 radical (unpaired) electrons. The van der Waals surface area contributed by atoms with Crippen molar-refractivity contribution in [3.63, 3.8) is 0 Å². The van der Waals surface area contributed by atoms with Gasteiger partial charge in [0.25, 0.3) is 0 Å². The topological polar surface area (TPSA) is 88.3 Å². The first-order valence-corrected chi connectivity index (χ1v) is 7.53. The molecule has 120 valence electrons. The number of aromatic carboxylic acids is 1. The Morgan fingerprint density at radius 2 is 1.91 bits per heavy atom. The Labute approximate surface area is 133 Å². The zero-order chi connectivity index (χ0) is 16.4. The lowest BCUT2D eigenvalue weighted by atomic mass is 10.1. The first kappa shape index (κ1) is 15.2. The lowest BCUT2D eigenvalue weighted by Gasteiger charge is -2.31. The van der Waals surface area contributed by atoms with Gasteiger partial charge in [-0.3, -0.25) is 14.5 Å². The van der Waals surface area contributed by atoms with Crippen LogP contribution in [0.15, 0.2) is 30.9 Å². The molecule has 0 bridgehead atoms. The molecule has 3 rings (SSSR count). The quantitative estimate of drug-likeness (QED) is 0.933. The van der Waals surface area contributed by atoms with Crippen molar-refractivity contribution < 1.29 is 14.7 Å². The summed E-state index contributed by atoms with van der Waals surface area (Å²) >= 11 is 0. The Morgan fingerprint density at radius 1 is 1.17 bits per heavy atom. The van der Waals surface area contributed by atoms with E-state index in [0.717, 1.165) is 37.1 Å². The molecule has 7 nitrogen and oxygen atoms in total. The van der Waals surface area contributed by atoms with Gasteiger partial charge in [0.1, 0.15) is 0 Å². The van der Waals surface area contributed by atoms with Crippen LogP contribution in [0.5, 0.6) is 0 Å². The van der Waals surface area contributed by atoms with Gasteiger partial charge < -0.3 is 10.0 Å². The standard InChI is InChI=1S/C16H18N4O3/c1-11(21)19-4-2-15(3-5-19)20-10-14(9-18-20)12-6-13(16(22)23)8-17-7-12/h6-10,15H,2-5H2,1H3,(H,22,23). The number of amides is 1. The molecule has 0 aliphatic carbocycles. The summed E-state index contributed by atoms with van der Waals surface area (Å²) in [7, 11) is 0. The predicted octanol–water partition coefficient (Wildman–Crippen LogP) is 1.83. The van der Waals surface area contributed by atoms with Crippen molar-refractivity contribution in [1.29, 1.82) is 0 Å². The van der Waals surface area contributed by atoms with E-state index >= 15 is 0 Å². The van der Waals surface area contributed by atoms with Crippen molar-refractivity contribution in [2.75, 3.05) is 13.1 Å². The number of rotatable bonds is 3. The highest BCUT2D eigenvalue weighted by molar-refractivity contribution is 5.88. The first-order chi connectivity index (χ1) is 11.0. The molecule has 23 heavy (non-hydrogen) atoms. The number of aromatic nitrogens is 3. The van der Waals surface area contributed by atoms with Crippen molar-refractivity contribution in [3.8, 4) is 11.1 Å². The van der Waals surface area contributed by atoms with E-state index in [-0.39, 0.29) is 17.5 Å². The number of likely N-dealkylation sites (tertiary alicyclic amines) is 1. The average molecular weight is 314 g/mol. The van der Waals surface area contributed by atoms with E-state index < -0.39 is 5.97 Å². The lowest BCUT2D eigenvalue weighted by Crippen LogP contribution is -2.37. The maximum atomic E-state index is 11.4. The molecule has 1 amide bonds. The minimum atomic E-state index is -0.997. The van der Waals surface area contributed by atoms with Gasteiger partial charge in [0.2, 0.25) is 5.91 Å². The molecule has 1 aliphatic rings. The van der Waals surface area contributed by atoms with Crippen molar-refractivity contribution in [3.05, 3.63) is 36.4 Å². The fourth-order valence-corrected chi connectivity index (χ4v) is 2.85. The summed E-state index contributed by atoms with van der Waals surface area (Å²) in [5, 5.41) is 13.4. The Kier molecular flexibility index (Phi) is 4.10. The molecule has 1 aliphatic heterocycles. The van der Waals surface area contributed by atoms with Crippen LogP contribution >= 0.6 is 0 Å². The molecule has 7 heteroatoms. The fraction of sp³-hybridized carbons (Fsp3) is 0.375. The van der Waals surface area contributed by atoms with Crippen LogP contribution in [0, 0.1) is 0 Å². The molecular weight excluding hydrogens is 296 g/mol. The minimum Gasteiger partial charge on any atom is -0.478 e. The summed E-state index contributed by atoms with van der Waals surface area (Å²) in [5.74, 6) is -0.885. The van der Waals surface area contributed by atoms with Crippen LogP contribution in [-0.4, -0.2) is 49.7 Å². The van der Waals surface area contributed by atoms with E-state index in [1.54, 1.807) is 25.4 Å². The number of carboxylic acid groups (broad SMARTS) is 1. The van der Waals surface area contributed by atoms with Gasteiger partial charge in [-0.1, -0.05) is 0 Å². The van der Waals surface area contributed by atoms with Crippen molar-refractivity contribution >= 4 is 11.9 Å². The molecule has 0 saturated carbocycles. The van der Waals surface area contributed by atoms with Crippen LogP contribution in [0.3, 0.4) is 0 Å². The van der Waals surface area contributed by atoms with Gasteiger partial charge >= 0.3 is 5.97 Å². The molecule has 2 aromatic heterocycles. The largest absolute Gasteiger partial charge is 0.478 e. The number of hydrogen-bond donors (Lipinski definition) is 1. The smallest absolute Gasteiger partial charge is 0.337 e. The fourth-order valence-electron chi connectivity index (χ4n) is 2.85. The summed E-state index contributed by atoms with van der Waals surface area (Å²) < 4.78 is 1.90. The van der Waals surface area contributed by atoms with E-state index in [2.05, 4.69) is 10.1 Å². The molecule has 3 heterocycles. The van der Waals surface area contributed by atoms with Crippen LogP contribution in [0.4, 0.5) is 0 Å². The highest BCUT2D eigenvalue weighted by atomic mass is 16.4. The zero-order valence-electron chi connectivity index (χ0n) is 12.8. The van der Waals surface area contributed by atoms with Crippen LogP contribution in [-0.2, 0) is 4.79 Å². The number of piperidine rings is 1. The Morgan fingerprint density at radius 3 is 2.57 bits per heavy atom. The molecule has 0 unspecified atom stereocenters. The normalized spacial score (nSPS) is 15.6. The summed E-state index contributed by atoms with van der Waals surface area (Å²) in [6.45, 7) is 3.07.